The van der Waals surface area contributed by atoms with E-state index in [1.165, 1.54) is 0 Å². The Balaban J connectivity index is 1.33. The zero-order valence-electron chi connectivity index (χ0n) is 27.7. The third kappa shape index (κ3) is 6.64. The molecule has 4 heterocycles. The molecule has 254 valence electrons. The summed E-state index contributed by atoms with van der Waals surface area (Å²) in [6.45, 7) is 8.93. The number of benzene rings is 2. The van der Waals surface area contributed by atoms with Crippen LogP contribution >= 0.6 is 0 Å². The number of aliphatic hydroxyl groups excluding tert-OH is 1. The van der Waals surface area contributed by atoms with Crippen LogP contribution in [0.2, 0.25) is 18.6 Å². The van der Waals surface area contributed by atoms with Gasteiger partial charge in [-0.25, -0.2) is 0 Å². The van der Waals surface area contributed by atoms with E-state index < -0.39 is 20.0 Å². The first-order chi connectivity index (χ1) is 22.5. The molecular weight excluding hydrogens is 615 g/mol. The molecule has 1 spiro atoms. The lowest BCUT2D eigenvalue weighted by Crippen LogP contribution is -2.46. The normalized spacial score (nSPS) is 29.2. The summed E-state index contributed by atoms with van der Waals surface area (Å²) in [4.78, 5) is 54.1. The van der Waals surface area contributed by atoms with Crippen LogP contribution < -0.4 is 26.2 Å². The number of carbonyl (C=O) groups excluding carboxylic acids is 3. The SMILES string of the molecule is C[C@@H]1[C@@H]([Si](C)(C)O)[C@H](CCO)O[C@@]12C(=O)N(Cc1cccc(NC(=O)C3CCCNC3)c1)c1ccc(NC(=O)C3CCCNC3)cc12. The summed E-state index contributed by atoms with van der Waals surface area (Å²) in [5.74, 6) is -0.901. The van der Waals surface area contributed by atoms with E-state index in [9.17, 15) is 24.3 Å². The second-order valence-corrected chi connectivity index (χ2v) is 18.2. The fourth-order valence-electron chi connectivity index (χ4n) is 8.28. The number of nitrogens with zero attached hydrogens (tertiary/aromatic N) is 1. The van der Waals surface area contributed by atoms with Gasteiger partial charge in [0.05, 0.1) is 30.2 Å². The molecule has 2 unspecified atom stereocenters. The number of fused-ring (bicyclic) bond motifs is 2. The van der Waals surface area contributed by atoms with Crippen LogP contribution in [0.1, 0.15) is 50.2 Å². The Morgan fingerprint density at radius 2 is 1.64 bits per heavy atom. The summed E-state index contributed by atoms with van der Waals surface area (Å²) in [5, 5.41) is 22.7. The Morgan fingerprint density at radius 1 is 1.00 bits per heavy atom. The first-order valence-corrected chi connectivity index (χ1v) is 20.1. The second-order valence-electron chi connectivity index (χ2n) is 14.3. The Morgan fingerprint density at radius 3 is 2.21 bits per heavy atom. The highest BCUT2D eigenvalue weighted by Crippen LogP contribution is 2.60. The molecule has 12 heteroatoms. The molecule has 4 aliphatic rings. The van der Waals surface area contributed by atoms with Gasteiger partial charge in [-0.3, -0.25) is 14.4 Å². The predicted molar refractivity (Wildman–Crippen MR) is 183 cm³/mol. The van der Waals surface area contributed by atoms with Crippen LogP contribution in [-0.2, 0) is 31.3 Å². The highest BCUT2D eigenvalue weighted by molar-refractivity contribution is 6.71. The molecule has 6 atom stereocenters. The maximum absolute atomic E-state index is 14.8. The van der Waals surface area contributed by atoms with E-state index in [0.717, 1.165) is 44.3 Å². The van der Waals surface area contributed by atoms with Crippen molar-refractivity contribution >= 4 is 43.1 Å². The molecule has 0 bridgehead atoms. The van der Waals surface area contributed by atoms with Gasteiger partial charge in [-0.1, -0.05) is 19.1 Å². The van der Waals surface area contributed by atoms with Gasteiger partial charge in [-0.05, 0) is 94.2 Å². The number of rotatable bonds is 9. The lowest BCUT2D eigenvalue weighted by molar-refractivity contribution is -0.146. The largest absolute Gasteiger partial charge is 0.432 e. The molecule has 3 saturated heterocycles. The summed E-state index contributed by atoms with van der Waals surface area (Å²) in [7, 11) is -2.86. The summed E-state index contributed by atoms with van der Waals surface area (Å²) in [5.41, 5.74) is 1.76. The average molecular weight is 664 g/mol. The third-order valence-corrected chi connectivity index (χ3v) is 13.0. The van der Waals surface area contributed by atoms with Gasteiger partial charge in [0.1, 0.15) is 0 Å². The molecular formula is C35H49N5O6Si. The number of piperidine rings is 2. The van der Waals surface area contributed by atoms with Gasteiger partial charge in [0.15, 0.2) is 13.9 Å². The quantitative estimate of drug-likeness (QED) is 0.224. The van der Waals surface area contributed by atoms with E-state index in [1.807, 2.05) is 62.5 Å². The van der Waals surface area contributed by atoms with Crippen LogP contribution in [0.15, 0.2) is 42.5 Å². The number of hydrogen-bond acceptors (Lipinski definition) is 8. The monoisotopic (exact) mass is 663 g/mol. The first-order valence-electron chi connectivity index (χ1n) is 17.1. The molecule has 0 radical (unpaired) electrons. The lowest BCUT2D eigenvalue weighted by atomic mass is 9.82. The Kier molecular flexibility index (Phi) is 9.89. The van der Waals surface area contributed by atoms with E-state index in [4.69, 9.17) is 4.74 Å². The van der Waals surface area contributed by atoms with Crippen LogP contribution in [0.3, 0.4) is 0 Å². The summed E-state index contributed by atoms with van der Waals surface area (Å²) < 4.78 is 6.77. The van der Waals surface area contributed by atoms with Crippen molar-refractivity contribution in [3.05, 3.63) is 53.6 Å². The summed E-state index contributed by atoms with van der Waals surface area (Å²) in [6.07, 6.45) is 3.38. The van der Waals surface area contributed by atoms with Gasteiger partial charge in [0.2, 0.25) is 11.8 Å². The summed E-state index contributed by atoms with van der Waals surface area (Å²) >= 11 is 0. The second kappa shape index (κ2) is 13.8. The molecule has 6 N–H and O–H groups in total. The lowest BCUT2D eigenvalue weighted by Gasteiger charge is -2.32. The van der Waals surface area contributed by atoms with Crippen LogP contribution in [0.25, 0.3) is 0 Å². The van der Waals surface area contributed by atoms with Gasteiger partial charge < -0.3 is 40.8 Å². The maximum Gasteiger partial charge on any atom is 0.264 e. The molecule has 6 rings (SSSR count). The van der Waals surface area contributed by atoms with E-state index in [2.05, 4.69) is 21.3 Å². The molecule has 2 aromatic carbocycles. The predicted octanol–water partition coefficient (Wildman–Crippen LogP) is 3.29. The minimum Gasteiger partial charge on any atom is -0.432 e. The molecule has 0 aliphatic carbocycles. The van der Waals surface area contributed by atoms with Gasteiger partial charge in [0, 0.05) is 48.1 Å². The number of ether oxygens (including phenoxy) is 1. The molecule has 0 aromatic heterocycles. The molecule has 11 nitrogen and oxygen atoms in total. The van der Waals surface area contributed by atoms with Gasteiger partial charge >= 0.3 is 0 Å². The van der Waals surface area contributed by atoms with Crippen molar-refractivity contribution in [2.75, 3.05) is 48.3 Å². The molecule has 2 aromatic rings. The summed E-state index contributed by atoms with van der Waals surface area (Å²) in [6, 6.07) is 13.1. The fourth-order valence-corrected chi connectivity index (χ4v) is 10.9. The maximum atomic E-state index is 14.8. The number of carbonyl (C=O) groups is 3. The minimum absolute atomic E-state index is 0.0144. The standard InChI is InChI=1S/C35H49N5O6Si/c1-22-31(47(2,3)45)30(13-16-41)46-35(22)28-18-27(39-33(43)25-9-6-15-37-20-25)11-12-29(28)40(34(35)44)21-23-7-4-10-26(17-23)38-32(42)24-8-5-14-36-19-24/h4,7,10-12,17-18,22,24-25,30-31,36-37,41,45H,5-6,8-9,13-16,19-21H2,1-3H3,(H,38,42)(H,39,43)/t22-,24?,25?,30+,31-,35+/m1/s1. The van der Waals surface area contributed by atoms with E-state index in [1.54, 1.807) is 4.90 Å². The number of nitrogens with one attached hydrogen (secondary N) is 4. The van der Waals surface area contributed by atoms with Gasteiger partial charge in [-0.2, -0.15) is 0 Å². The van der Waals surface area contributed by atoms with Crippen molar-refractivity contribution in [2.45, 2.75) is 75.9 Å². The number of anilines is 3. The van der Waals surface area contributed by atoms with Crippen LogP contribution in [-0.4, -0.2) is 74.8 Å². The topological polar surface area (TPSA) is 152 Å². The highest BCUT2D eigenvalue weighted by atomic mass is 28.4. The van der Waals surface area contributed by atoms with Crippen LogP contribution in [0.5, 0.6) is 0 Å². The fraction of sp³-hybridized carbons (Fsp3) is 0.571. The van der Waals surface area contributed by atoms with Crippen molar-refractivity contribution in [1.29, 1.82) is 0 Å². The first kappa shape index (κ1) is 33.8. The van der Waals surface area contributed by atoms with Crippen molar-refractivity contribution < 1.29 is 29.0 Å². The number of hydrogen-bond donors (Lipinski definition) is 6. The van der Waals surface area contributed by atoms with Crippen LogP contribution in [0.4, 0.5) is 17.1 Å². The molecule has 47 heavy (non-hydrogen) atoms. The van der Waals surface area contributed by atoms with Gasteiger partial charge in [0.25, 0.3) is 5.91 Å². The van der Waals surface area contributed by atoms with Crippen molar-refractivity contribution in [2.24, 2.45) is 17.8 Å². The average Bonchev–Trinajstić information content (AvgIpc) is 3.48. The highest BCUT2D eigenvalue weighted by Gasteiger charge is 2.66. The van der Waals surface area contributed by atoms with Crippen molar-refractivity contribution in [3.8, 4) is 0 Å². The van der Waals surface area contributed by atoms with Crippen LogP contribution in [0, 0.1) is 17.8 Å². The molecule has 3 amide bonds. The zero-order chi connectivity index (χ0) is 33.3. The molecule has 3 fully saturated rings. The van der Waals surface area contributed by atoms with Crippen molar-refractivity contribution in [1.82, 2.24) is 10.6 Å². The minimum atomic E-state index is -2.86. The Labute approximate surface area is 278 Å². The number of amides is 3. The van der Waals surface area contributed by atoms with E-state index in [0.29, 0.717) is 42.1 Å². The van der Waals surface area contributed by atoms with E-state index in [-0.39, 0.29) is 54.2 Å². The third-order valence-electron chi connectivity index (χ3n) is 10.5. The Bertz CT molecular complexity index is 1490. The zero-order valence-corrected chi connectivity index (χ0v) is 28.7. The molecule has 0 saturated carbocycles. The Hall–Kier alpha value is -3.13. The smallest absolute Gasteiger partial charge is 0.264 e. The molecule has 4 aliphatic heterocycles. The van der Waals surface area contributed by atoms with E-state index >= 15 is 0 Å². The number of aliphatic hydroxyl groups is 1. The van der Waals surface area contributed by atoms with Gasteiger partial charge in [-0.15, -0.1) is 0 Å². The van der Waals surface area contributed by atoms with Crippen molar-refractivity contribution in [3.63, 3.8) is 0 Å².